The Balaban J connectivity index is 2.60. The van der Waals surface area contributed by atoms with Crippen LogP contribution in [0, 0.1) is 11.6 Å². The fourth-order valence-electron chi connectivity index (χ4n) is 1.18. The molecule has 1 N–H and O–H groups in total. The van der Waals surface area contributed by atoms with E-state index < -0.39 is 11.6 Å². The van der Waals surface area contributed by atoms with Gasteiger partial charge in [-0.15, -0.1) is 0 Å². The molecule has 1 aromatic rings. The molecule has 0 aliphatic rings. The van der Waals surface area contributed by atoms with Crippen LogP contribution in [0.15, 0.2) is 18.2 Å². The zero-order chi connectivity index (χ0) is 11.3. The lowest BCUT2D eigenvalue weighted by Gasteiger charge is -2.15. The van der Waals surface area contributed by atoms with E-state index in [2.05, 4.69) is 5.32 Å². The normalized spacial score (nSPS) is 12.5. The highest BCUT2D eigenvalue weighted by atomic mass is 19.1. The molecule has 4 heteroatoms. The molecule has 0 bridgehead atoms. The van der Waals surface area contributed by atoms with Crippen LogP contribution < -0.4 is 10.1 Å². The molecule has 0 spiro atoms. The van der Waals surface area contributed by atoms with Crippen LogP contribution in [0.25, 0.3) is 0 Å². The highest BCUT2D eigenvalue weighted by molar-refractivity contribution is 5.24. The summed E-state index contributed by atoms with van der Waals surface area (Å²) >= 11 is 0. The first-order valence-electron chi connectivity index (χ1n) is 4.92. The van der Waals surface area contributed by atoms with E-state index in [0.717, 1.165) is 24.6 Å². The standard InChI is InChI=1S/C11H15F2NO/c1-3-9(14-2)7-15-11-6-8(12)4-5-10(11)13/h4-6,9,14H,3,7H2,1-2H3. The van der Waals surface area contributed by atoms with Crippen molar-refractivity contribution in [2.75, 3.05) is 13.7 Å². The van der Waals surface area contributed by atoms with Crippen molar-refractivity contribution in [1.29, 1.82) is 0 Å². The fraction of sp³-hybridized carbons (Fsp3) is 0.455. The Morgan fingerprint density at radius 2 is 2.13 bits per heavy atom. The molecule has 15 heavy (non-hydrogen) atoms. The number of nitrogens with one attached hydrogen (secondary N) is 1. The van der Waals surface area contributed by atoms with Gasteiger partial charge in [-0.25, -0.2) is 8.78 Å². The predicted molar refractivity (Wildman–Crippen MR) is 55.0 cm³/mol. The van der Waals surface area contributed by atoms with E-state index >= 15 is 0 Å². The van der Waals surface area contributed by atoms with Gasteiger partial charge in [0, 0.05) is 12.1 Å². The molecule has 1 unspecified atom stereocenters. The second kappa shape index (κ2) is 5.66. The van der Waals surface area contributed by atoms with Crippen molar-refractivity contribution in [3.05, 3.63) is 29.8 Å². The van der Waals surface area contributed by atoms with E-state index in [1.54, 1.807) is 7.05 Å². The van der Waals surface area contributed by atoms with Gasteiger partial charge in [0.2, 0.25) is 0 Å². The molecule has 0 fully saturated rings. The van der Waals surface area contributed by atoms with Crippen LogP contribution in [0.2, 0.25) is 0 Å². The molecule has 0 heterocycles. The lowest BCUT2D eigenvalue weighted by atomic mass is 10.2. The van der Waals surface area contributed by atoms with E-state index in [0.29, 0.717) is 6.61 Å². The van der Waals surface area contributed by atoms with E-state index in [4.69, 9.17) is 4.74 Å². The van der Waals surface area contributed by atoms with Crippen molar-refractivity contribution in [3.8, 4) is 5.75 Å². The maximum absolute atomic E-state index is 13.1. The van der Waals surface area contributed by atoms with Crippen molar-refractivity contribution < 1.29 is 13.5 Å². The Morgan fingerprint density at radius 1 is 1.40 bits per heavy atom. The quantitative estimate of drug-likeness (QED) is 0.814. The summed E-state index contributed by atoms with van der Waals surface area (Å²) in [4.78, 5) is 0. The highest BCUT2D eigenvalue weighted by Gasteiger charge is 2.08. The van der Waals surface area contributed by atoms with Gasteiger partial charge in [-0.3, -0.25) is 0 Å². The molecule has 1 rings (SSSR count). The molecule has 1 atom stereocenters. The number of benzene rings is 1. The summed E-state index contributed by atoms with van der Waals surface area (Å²) in [5.74, 6) is -1.07. The van der Waals surface area contributed by atoms with Crippen molar-refractivity contribution in [3.63, 3.8) is 0 Å². The van der Waals surface area contributed by atoms with Crippen molar-refractivity contribution in [2.24, 2.45) is 0 Å². The maximum atomic E-state index is 13.1. The molecule has 0 radical (unpaired) electrons. The van der Waals surface area contributed by atoms with Crippen molar-refractivity contribution >= 4 is 0 Å². The molecule has 0 aliphatic carbocycles. The number of rotatable bonds is 5. The van der Waals surface area contributed by atoms with E-state index in [9.17, 15) is 8.78 Å². The summed E-state index contributed by atoms with van der Waals surface area (Å²) in [5.41, 5.74) is 0. The average Bonchev–Trinajstić information content (AvgIpc) is 2.24. The summed E-state index contributed by atoms with van der Waals surface area (Å²) in [6, 6.07) is 3.33. The minimum Gasteiger partial charge on any atom is -0.489 e. The summed E-state index contributed by atoms with van der Waals surface area (Å²) in [6.07, 6.45) is 0.868. The van der Waals surface area contributed by atoms with Crippen LogP contribution in [-0.4, -0.2) is 19.7 Å². The van der Waals surface area contributed by atoms with Crippen molar-refractivity contribution in [2.45, 2.75) is 19.4 Å². The zero-order valence-electron chi connectivity index (χ0n) is 8.89. The van der Waals surface area contributed by atoms with Gasteiger partial charge in [0.25, 0.3) is 0 Å². The Bertz CT molecular complexity index is 313. The predicted octanol–water partition coefficient (Wildman–Crippen LogP) is 2.34. The van der Waals surface area contributed by atoms with Crippen LogP contribution in [-0.2, 0) is 0 Å². The average molecular weight is 215 g/mol. The van der Waals surface area contributed by atoms with E-state index in [1.165, 1.54) is 0 Å². The van der Waals surface area contributed by atoms with Gasteiger partial charge in [-0.2, -0.15) is 0 Å². The van der Waals surface area contributed by atoms with Crippen LogP contribution in [0.5, 0.6) is 5.75 Å². The lowest BCUT2D eigenvalue weighted by molar-refractivity contribution is 0.255. The van der Waals surface area contributed by atoms with Crippen LogP contribution >= 0.6 is 0 Å². The summed E-state index contributed by atoms with van der Waals surface area (Å²) in [6.45, 7) is 2.32. The second-order valence-electron chi connectivity index (χ2n) is 3.28. The molecular formula is C11H15F2NO. The lowest BCUT2D eigenvalue weighted by Crippen LogP contribution is -2.30. The largest absolute Gasteiger partial charge is 0.489 e. The molecule has 84 valence electrons. The first-order valence-corrected chi connectivity index (χ1v) is 4.92. The number of hydrogen-bond donors (Lipinski definition) is 1. The topological polar surface area (TPSA) is 21.3 Å². The maximum Gasteiger partial charge on any atom is 0.165 e. The molecule has 1 aromatic carbocycles. The Labute approximate surface area is 88.3 Å². The number of halogens is 2. The van der Waals surface area contributed by atoms with Gasteiger partial charge in [-0.05, 0) is 25.6 Å². The smallest absolute Gasteiger partial charge is 0.165 e. The molecule has 0 aromatic heterocycles. The molecule has 0 aliphatic heterocycles. The third-order valence-corrected chi connectivity index (χ3v) is 2.23. The van der Waals surface area contributed by atoms with Gasteiger partial charge in [0.05, 0.1) is 0 Å². The van der Waals surface area contributed by atoms with Crippen LogP contribution in [0.3, 0.4) is 0 Å². The zero-order valence-corrected chi connectivity index (χ0v) is 8.89. The molecule has 0 amide bonds. The molecule has 0 saturated heterocycles. The molecular weight excluding hydrogens is 200 g/mol. The Hall–Kier alpha value is -1.16. The monoisotopic (exact) mass is 215 g/mol. The first kappa shape index (κ1) is 11.9. The Morgan fingerprint density at radius 3 is 2.73 bits per heavy atom. The fourth-order valence-corrected chi connectivity index (χ4v) is 1.18. The minimum atomic E-state index is -0.539. The van der Waals surface area contributed by atoms with Gasteiger partial charge >= 0.3 is 0 Å². The number of ether oxygens (including phenoxy) is 1. The third kappa shape index (κ3) is 3.47. The summed E-state index contributed by atoms with van der Waals surface area (Å²) < 4.78 is 31.1. The first-order chi connectivity index (χ1) is 7.17. The second-order valence-corrected chi connectivity index (χ2v) is 3.28. The van der Waals surface area contributed by atoms with E-state index in [1.807, 2.05) is 6.92 Å². The third-order valence-electron chi connectivity index (χ3n) is 2.23. The van der Waals surface area contributed by atoms with Crippen LogP contribution in [0.1, 0.15) is 13.3 Å². The number of hydrogen-bond acceptors (Lipinski definition) is 2. The molecule has 0 saturated carbocycles. The molecule has 2 nitrogen and oxygen atoms in total. The summed E-state index contributed by atoms with van der Waals surface area (Å²) in [5, 5.41) is 3.01. The SMILES string of the molecule is CCC(COc1cc(F)ccc1F)NC. The van der Waals surface area contributed by atoms with Gasteiger partial charge < -0.3 is 10.1 Å². The van der Waals surface area contributed by atoms with Gasteiger partial charge in [-0.1, -0.05) is 6.92 Å². The minimum absolute atomic E-state index is 0.0382. The van der Waals surface area contributed by atoms with Gasteiger partial charge in [0.15, 0.2) is 11.6 Å². The Kier molecular flexibility index (Phi) is 4.49. The highest BCUT2D eigenvalue weighted by Crippen LogP contribution is 2.18. The summed E-state index contributed by atoms with van der Waals surface area (Å²) in [7, 11) is 1.81. The van der Waals surface area contributed by atoms with E-state index in [-0.39, 0.29) is 11.8 Å². The van der Waals surface area contributed by atoms with Crippen molar-refractivity contribution in [1.82, 2.24) is 5.32 Å². The van der Waals surface area contributed by atoms with Gasteiger partial charge in [0.1, 0.15) is 12.4 Å². The van der Waals surface area contributed by atoms with Crippen LogP contribution in [0.4, 0.5) is 8.78 Å². The number of likely N-dealkylation sites (N-methyl/N-ethyl adjacent to an activating group) is 1.